The third-order valence-corrected chi connectivity index (χ3v) is 3.06. The SMILES string of the molecule is CCCCCc1ccc(-c2ccc(OC)cc2)o1. The molecule has 1 aromatic carbocycles. The summed E-state index contributed by atoms with van der Waals surface area (Å²) in [4.78, 5) is 0. The van der Waals surface area contributed by atoms with Gasteiger partial charge in [-0.2, -0.15) is 0 Å². The van der Waals surface area contributed by atoms with E-state index in [1.165, 1.54) is 19.3 Å². The van der Waals surface area contributed by atoms with E-state index in [2.05, 4.69) is 13.0 Å². The highest BCUT2D eigenvalue weighted by molar-refractivity contribution is 5.58. The molecule has 96 valence electrons. The Morgan fingerprint density at radius 1 is 1.00 bits per heavy atom. The monoisotopic (exact) mass is 244 g/mol. The first-order valence-electron chi connectivity index (χ1n) is 6.56. The van der Waals surface area contributed by atoms with Gasteiger partial charge in [0.25, 0.3) is 0 Å². The molecule has 0 aliphatic rings. The number of benzene rings is 1. The molecule has 0 aliphatic carbocycles. The summed E-state index contributed by atoms with van der Waals surface area (Å²) >= 11 is 0. The van der Waals surface area contributed by atoms with Gasteiger partial charge in [0.1, 0.15) is 17.3 Å². The van der Waals surface area contributed by atoms with Crippen LogP contribution in [0.2, 0.25) is 0 Å². The maximum Gasteiger partial charge on any atom is 0.134 e. The van der Waals surface area contributed by atoms with E-state index in [0.717, 1.165) is 29.3 Å². The molecule has 0 spiro atoms. The number of unbranched alkanes of at least 4 members (excludes halogenated alkanes) is 2. The van der Waals surface area contributed by atoms with Crippen LogP contribution in [0.4, 0.5) is 0 Å². The van der Waals surface area contributed by atoms with Crippen LogP contribution in [0.25, 0.3) is 11.3 Å². The maximum atomic E-state index is 5.85. The summed E-state index contributed by atoms with van der Waals surface area (Å²) in [5.74, 6) is 2.88. The molecule has 0 atom stereocenters. The van der Waals surface area contributed by atoms with Crippen molar-refractivity contribution < 1.29 is 9.15 Å². The number of aryl methyl sites for hydroxylation is 1. The maximum absolute atomic E-state index is 5.85. The molecule has 1 heterocycles. The minimum atomic E-state index is 0.869. The van der Waals surface area contributed by atoms with Gasteiger partial charge in [-0.3, -0.25) is 0 Å². The molecule has 0 aliphatic heterocycles. The third-order valence-electron chi connectivity index (χ3n) is 3.06. The highest BCUT2D eigenvalue weighted by atomic mass is 16.5. The Hall–Kier alpha value is -1.70. The van der Waals surface area contributed by atoms with Crippen LogP contribution < -0.4 is 4.74 Å². The Balaban J connectivity index is 2.04. The molecule has 0 N–H and O–H groups in total. The van der Waals surface area contributed by atoms with Crippen LogP contribution >= 0.6 is 0 Å². The predicted octanol–water partition coefficient (Wildman–Crippen LogP) is 4.69. The molecule has 2 rings (SSSR count). The van der Waals surface area contributed by atoms with E-state index in [4.69, 9.17) is 9.15 Å². The van der Waals surface area contributed by atoms with Crippen molar-refractivity contribution in [2.24, 2.45) is 0 Å². The first-order chi connectivity index (χ1) is 8.83. The minimum absolute atomic E-state index is 0.869. The van der Waals surface area contributed by atoms with E-state index in [-0.39, 0.29) is 0 Å². The first kappa shape index (κ1) is 12.7. The van der Waals surface area contributed by atoms with Crippen LogP contribution in [0, 0.1) is 0 Å². The normalized spacial score (nSPS) is 10.6. The Kier molecular flexibility index (Phi) is 4.46. The van der Waals surface area contributed by atoms with Crippen molar-refractivity contribution in [1.29, 1.82) is 0 Å². The number of methoxy groups -OCH3 is 1. The molecule has 0 radical (unpaired) electrons. The van der Waals surface area contributed by atoms with Gasteiger partial charge in [-0.1, -0.05) is 19.8 Å². The summed E-state index contributed by atoms with van der Waals surface area (Å²) in [6.07, 6.45) is 4.74. The van der Waals surface area contributed by atoms with Crippen LogP contribution in [-0.4, -0.2) is 7.11 Å². The van der Waals surface area contributed by atoms with E-state index in [1.54, 1.807) is 7.11 Å². The highest BCUT2D eigenvalue weighted by Crippen LogP contribution is 2.25. The molecular formula is C16H20O2. The van der Waals surface area contributed by atoms with Crippen molar-refractivity contribution in [2.75, 3.05) is 7.11 Å². The summed E-state index contributed by atoms with van der Waals surface area (Å²) in [6, 6.07) is 12.1. The van der Waals surface area contributed by atoms with Gasteiger partial charge in [0.15, 0.2) is 0 Å². The smallest absolute Gasteiger partial charge is 0.134 e. The first-order valence-corrected chi connectivity index (χ1v) is 6.56. The van der Waals surface area contributed by atoms with Crippen molar-refractivity contribution >= 4 is 0 Å². The third kappa shape index (κ3) is 3.16. The topological polar surface area (TPSA) is 22.4 Å². The lowest BCUT2D eigenvalue weighted by Crippen LogP contribution is -1.82. The Morgan fingerprint density at radius 3 is 2.44 bits per heavy atom. The van der Waals surface area contributed by atoms with Gasteiger partial charge in [-0.05, 0) is 42.8 Å². The van der Waals surface area contributed by atoms with Crippen molar-refractivity contribution in [3.05, 3.63) is 42.2 Å². The quantitative estimate of drug-likeness (QED) is 0.688. The van der Waals surface area contributed by atoms with Gasteiger partial charge in [-0.25, -0.2) is 0 Å². The average Bonchev–Trinajstić information content (AvgIpc) is 2.88. The molecule has 1 aromatic heterocycles. The lowest BCUT2D eigenvalue weighted by molar-refractivity contribution is 0.415. The van der Waals surface area contributed by atoms with Crippen molar-refractivity contribution in [2.45, 2.75) is 32.6 Å². The van der Waals surface area contributed by atoms with E-state index in [0.29, 0.717) is 0 Å². The molecular weight excluding hydrogens is 224 g/mol. The van der Waals surface area contributed by atoms with Gasteiger partial charge >= 0.3 is 0 Å². The van der Waals surface area contributed by atoms with Gasteiger partial charge in [-0.15, -0.1) is 0 Å². The lowest BCUT2D eigenvalue weighted by Gasteiger charge is -2.01. The molecule has 0 saturated carbocycles. The van der Waals surface area contributed by atoms with Gasteiger partial charge < -0.3 is 9.15 Å². The highest BCUT2D eigenvalue weighted by Gasteiger charge is 2.04. The largest absolute Gasteiger partial charge is 0.497 e. The predicted molar refractivity (Wildman–Crippen MR) is 73.9 cm³/mol. The van der Waals surface area contributed by atoms with Crippen LogP contribution in [-0.2, 0) is 6.42 Å². The van der Waals surface area contributed by atoms with E-state index >= 15 is 0 Å². The van der Waals surface area contributed by atoms with Crippen LogP contribution in [0.15, 0.2) is 40.8 Å². The molecule has 0 unspecified atom stereocenters. The minimum Gasteiger partial charge on any atom is -0.497 e. The summed E-state index contributed by atoms with van der Waals surface area (Å²) in [5.41, 5.74) is 1.09. The van der Waals surface area contributed by atoms with Gasteiger partial charge in [0.05, 0.1) is 7.11 Å². The zero-order valence-electron chi connectivity index (χ0n) is 11.1. The second kappa shape index (κ2) is 6.29. The number of rotatable bonds is 6. The lowest BCUT2D eigenvalue weighted by atomic mass is 10.1. The molecule has 2 nitrogen and oxygen atoms in total. The molecule has 0 amide bonds. The summed E-state index contributed by atoms with van der Waals surface area (Å²) < 4.78 is 11.0. The fourth-order valence-corrected chi connectivity index (χ4v) is 1.97. The van der Waals surface area contributed by atoms with Crippen LogP contribution in [0.5, 0.6) is 5.75 Å². The zero-order valence-corrected chi connectivity index (χ0v) is 11.1. The summed E-state index contributed by atoms with van der Waals surface area (Å²) in [6.45, 7) is 2.21. The van der Waals surface area contributed by atoms with E-state index < -0.39 is 0 Å². The number of hydrogen-bond donors (Lipinski definition) is 0. The second-order valence-electron chi connectivity index (χ2n) is 4.45. The zero-order chi connectivity index (χ0) is 12.8. The summed E-state index contributed by atoms with van der Waals surface area (Å²) in [5, 5.41) is 0. The molecule has 2 heteroatoms. The molecule has 2 aromatic rings. The number of hydrogen-bond acceptors (Lipinski definition) is 2. The molecule has 18 heavy (non-hydrogen) atoms. The fraction of sp³-hybridized carbons (Fsp3) is 0.375. The standard InChI is InChI=1S/C16H20O2/c1-3-4-5-6-15-11-12-16(18-15)13-7-9-14(17-2)10-8-13/h7-12H,3-6H2,1-2H3. The van der Waals surface area contributed by atoms with Gasteiger partial charge in [0, 0.05) is 12.0 Å². The number of furan rings is 1. The average molecular weight is 244 g/mol. The van der Waals surface area contributed by atoms with Crippen LogP contribution in [0.1, 0.15) is 31.9 Å². The van der Waals surface area contributed by atoms with Gasteiger partial charge in [0.2, 0.25) is 0 Å². The second-order valence-corrected chi connectivity index (χ2v) is 4.45. The van der Waals surface area contributed by atoms with E-state index in [9.17, 15) is 0 Å². The molecule has 0 fully saturated rings. The Bertz CT molecular complexity index is 468. The Labute approximate surface area is 109 Å². The van der Waals surface area contributed by atoms with Crippen LogP contribution in [0.3, 0.4) is 0 Å². The Morgan fingerprint density at radius 2 is 1.78 bits per heavy atom. The van der Waals surface area contributed by atoms with Crippen molar-refractivity contribution in [1.82, 2.24) is 0 Å². The fourth-order valence-electron chi connectivity index (χ4n) is 1.97. The number of ether oxygens (including phenoxy) is 1. The van der Waals surface area contributed by atoms with Crippen molar-refractivity contribution in [3.63, 3.8) is 0 Å². The summed E-state index contributed by atoms with van der Waals surface area (Å²) in [7, 11) is 1.67. The van der Waals surface area contributed by atoms with E-state index in [1.807, 2.05) is 30.3 Å². The molecule has 0 saturated heterocycles. The van der Waals surface area contributed by atoms with Crippen molar-refractivity contribution in [3.8, 4) is 17.1 Å². The molecule has 0 bridgehead atoms.